The molecule has 0 bridgehead atoms. The van der Waals surface area contributed by atoms with Gasteiger partial charge in [0.1, 0.15) is 11.4 Å². The van der Waals surface area contributed by atoms with Crippen LogP contribution in [0.25, 0.3) is 0 Å². The number of anilines is 5. The number of hydrogen-bond donors (Lipinski definition) is 4. The maximum Gasteiger partial charge on any atom is 0.293 e. The smallest absolute Gasteiger partial charge is 0.293 e. The summed E-state index contributed by atoms with van der Waals surface area (Å²) < 4.78 is 11.7. The molecule has 0 aliphatic carbocycles. The molecule has 4 rings (SSSR count). The molecule has 188 valence electrons. The van der Waals surface area contributed by atoms with Gasteiger partial charge in [-0.05, 0) is 71.0 Å². The van der Waals surface area contributed by atoms with E-state index in [9.17, 15) is 4.79 Å². The van der Waals surface area contributed by atoms with Crippen LogP contribution in [-0.2, 0) is 9.53 Å². The Hall–Kier alpha value is -3.86. The molecule has 1 aliphatic heterocycles. The number of nitrogens with two attached hydrogens (primary N) is 1. The molecule has 3 aromatic rings. The average Bonchev–Trinajstić information content (AvgIpc) is 3.30. The van der Waals surface area contributed by atoms with Gasteiger partial charge in [-0.15, -0.1) is 0 Å². The van der Waals surface area contributed by atoms with E-state index in [1.807, 2.05) is 55.9 Å². The van der Waals surface area contributed by atoms with Crippen molar-refractivity contribution in [1.29, 1.82) is 0 Å². The molecule has 1 fully saturated rings. The molecule has 0 amide bonds. The van der Waals surface area contributed by atoms with E-state index in [2.05, 4.69) is 35.8 Å². The first-order valence-electron chi connectivity index (χ1n) is 11.4. The molecular weight excluding hydrogens is 448 g/mol. The van der Waals surface area contributed by atoms with Gasteiger partial charge >= 0.3 is 0 Å². The molecule has 0 radical (unpaired) electrons. The largest absolute Gasteiger partial charge is 0.497 e. The minimum absolute atomic E-state index is 0.318. The molecule has 2 aromatic heterocycles. The fourth-order valence-electron chi connectivity index (χ4n) is 3.31. The van der Waals surface area contributed by atoms with Crippen molar-refractivity contribution < 1.29 is 14.3 Å². The lowest BCUT2D eigenvalue weighted by molar-refractivity contribution is -0.138. The first kappa shape index (κ1) is 25.8. The van der Waals surface area contributed by atoms with Gasteiger partial charge in [-0.25, -0.2) is 4.98 Å². The van der Waals surface area contributed by atoms with E-state index < -0.39 is 0 Å². The summed E-state index contributed by atoms with van der Waals surface area (Å²) in [4.78, 5) is 18.4. The van der Waals surface area contributed by atoms with Gasteiger partial charge in [-0.2, -0.15) is 10.1 Å². The number of benzene rings is 1. The predicted octanol–water partition coefficient (Wildman–Crippen LogP) is 3.63. The van der Waals surface area contributed by atoms with Crippen LogP contribution in [-0.4, -0.2) is 52.0 Å². The van der Waals surface area contributed by atoms with Crippen molar-refractivity contribution >= 4 is 35.3 Å². The van der Waals surface area contributed by atoms with Crippen LogP contribution in [0.15, 0.2) is 42.9 Å². The Labute approximate surface area is 205 Å². The van der Waals surface area contributed by atoms with Crippen LogP contribution in [0.3, 0.4) is 0 Å². The second-order valence-corrected chi connectivity index (χ2v) is 8.99. The number of piperidine rings is 1. The summed E-state index contributed by atoms with van der Waals surface area (Å²) >= 11 is 0. The molecule has 1 saturated heterocycles. The summed E-state index contributed by atoms with van der Waals surface area (Å²) in [6.45, 7) is 7.97. The number of rotatable bonds is 7. The topological polar surface area (TPSA) is 141 Å². The Bertz CT molecular complexity index is 1070. The van der Waals surface area contributed by atoms with E-state index in [0.29, 0.717) is 30.0 Å². The quantitative estimate of drug-likeness (QED) is 0.369. The molecule has 1 aliphatic rings. The Morgan fingerprint density at radius 2 is 1.83 bits per heavy atom. The van der Waals surface area contributed by atoms with Gasteiger partial charge in [-0.1, -0.05) is 0 Å². The molecule has 0 atom stereocenters. The number of nitrogens with one attached hydrogen (secondary N) is 3. The summed E-state index contributed by atoms with van der Waals surface area (Å²) in [7, 11) is 1.64. The van der Waals surface area contributed by atoms with Gasteiger partial charge in [0.2, 0.25) is 5.95 Å². The van der Waals surface area contributed by atoms with Crippen molar-refractivity contribution in [1.82, 2.24) is 25.1 Å². The summed E-state index contributed by atoms with van der Waals surface area (Å²) in [6.07, 6.45) is 7.52. The fourth-order valence-corrected chi connectivity index (χ4v) is 3.31. The average molecular weight is 483 g/mol. The molecule has 0 spiro atoms. The lowest BCUT2D eigenvalue weighted by Crippen LogP contribution is -2.29. The fraction of sp³-hybridized carbons (Fsp3) is 0.417. The maximum absolute atomic E-state index is 9.60. The summed E-state index contributed by atoms with van der Waals surface area (Å²) in [5.74, 6) is 1.78. The number of hydrogen-bond acceptors (Lipinski definition) is 10. The highest BCUT2D eigenvalue weighted by atomic mass is 16.5. The molecule has 0 saturated carbocycles. The van der Waals surface area contributed by atoms with Gasteiger partial charge in [-0.3, -0.25) is 9.48 Å². The second-order valence-electron chi connectivity index (χ2n) is 8.99. The molecule has 3 heterocycles. The Morgan fingerprint density at radius 3 is 2.43 bits per heavy atom. The van der Waals surface area contributed by atoms with Crippen molar-refractivity contribution in [3.8, 4) is 5.75 Å². The highest BCUT2D eigenvalue weighted by Crippen LogP contribution is 2.25. The minimum atomic E-state index is -0.318. The lowest BCUT2D eigenvalue weighted by atomic mass is 10.1. The van der Waals surface area contributed by atoms with Crippen LogP contribution in [0.5, 0.6) is 5.75 Å². The number of methoxy groups -OCH3 is 1. The number of aromatic nitrogens is 4. The van der Waals surface area contributed by atoms with Gasteiger partial charge in [0.05, 0.1) is 36.9 Å². The maximum atomic E-state index is 9.60. The summed E-state index contributed by atoms with van der Waals surface area (Å²) in [6, 6.07) is 7.96. The second kappa shape index (κ2) is 12.0. The van der Waals surface area contributed by atoms with Gasteiger partial charge < -0.3 is 31.2 Å². The Kier molecular flexibility index (Phi) is 8.85. The van der Waals surface area contributed by atoms with E-state index in [4.69, 9.17) is 10.5 Å². The van der Waals surface area contributed by atoms with Crippen LogP contribution in [0, 0.1) is 0 Å². The van der Waals surface area contributed by atoms with E-state index >= 15 is 0 Å². The molecule has 0 unspecified atom stereocenters. The number of nitrogens with zero attached hydrogens (tertiary/aromatic N) is 4. The van der Waals surface area contributed by atoms with Crippen LogP contribution >= 0.6 is 0 Å². The predicted molar refractivity (Wildman–Crippen MR) is 136 cm³/mol. The zero-order valence-electron chi connectivity index (χ0n) is 20.6. The van der Waals surface area contributed by atoms with Crippen molar-refractivity contribution in [2.45, 2.75) is 45.3 Å². The van der Waals surface area contributed by atoms with E-state index in [0.717, 1.165) is 43.1 Å². The molecule has 11 heteroatoms. The monoisotopic (exact) mass is 482 g/mol. The Balaban J connectivity index is 0.000000429. The first-order valence-corrected chi connectivity index (χ1v) is 11.4. The van der Waals surface area contributed by atoms with Gasteiger partial charge in [0, 0.05) is 11.9 Å². The number of nitrogen functional groups attached to an aromatic ring is 1. The standard InChI is InChI=1S/C19H24N8O.C5H10O2/c1-28-16-4-2-13(3-5-16)24-18-17(20)11-22-19(26-18)25-14-10-23-27(12-14)15-6-8-21-9-7-15;1-5(2,3)7-4-6/h2-5,10-12,15,21H,6-9,20H2,1H3,(H2,22,24,25,26);4H,1-3H3. The van der Waals surface area contributed by atoms with Crippen molar-refractivity contribution in [2.75, 3.05) is 36.6 Å². The molecule has 35 heavy (non-hydrogen) atoms. The summed E-state index contributed by atoms with van der Waals surface area (Å²) in [5, 5.41) is 14.3. The zero-order valence-corrected chi connectivity index (χ0v) is 20.6. The van der Waals surface area contributed by atoms with Crippen molar-refractivity contribution in [3.05, 3.63) is 42.9 Å². The Morgan fingerprint density at radius 1 is 1.11 bits per heavy atom. The number of carbonyl (C=O) groups excluding carboxylic acids is 1. The van der Waals surface area contributed by atoms with E-state index in [1.54, 1.807) is 19.5 Å². The minimum Gasteiger partial charge on any atom is -0.497 e. The third kappa shape index (κ3) is 8.14. The van der Waals surface area contributed by atoms with E-state index in [1.165, 1.54) is 0 Å². The molecule has 5 N–H and O–H groups in total. The number of ether oxygens (including phenoxy) is 2. The van der Waals surface area contributed by atoms with E-state index in [-0.39, 0.29) is 5.60 Å². The zero-order chi connectivity index (χ0) is 25.3. The molecular formula is C24H34N8O3. The SMILES string of the molecule is CC(C)(C)OC=O.COc1ccc(Nc2nc(Nc3cnn(C4CCNCC4)c3)ncc2N)cc1. The highest BCUT2D eigenvalue weighted by Gasteiger charge is 2.16. The van der Waals surface area contributed by atoms with Crippen LogP contribution < -0.4 is 26.4 Å². The summed E-state index contributed by atoms with van der Waals surface area (Å²) in [5.41, 5.74) is 7.88. The van der Waals surface area contributed by atoms with Crippen molar-refractivity contribution in [2.24, 2.45) is 0 Å². The highest BCUT2D eigenvalue weighted by molar-refractivity contribution is 5.70. The third-order valence-corrected chi connectivity index (χ3v) is 5.11. The molecule has 11 nitrogen and oxygen atoms in total. The van der Waals surface area contributed by atoms with Crippen LogP contribution in [0.1, 0.15) is 39.7 Å². The van der Waals surface area contributed by atoms with Gasteiger partial charge in [0.15, 0.2) is 5.82 Å². The van der Waals surface area contributed by atoms with Gasteiger partial charge in [0.25, 0.3) is 6.47 Å². The molecule has 1 aromatic carbocycles. The van der Waals surface area contributed by atoms with Crippen molar-refractivity contribution in [3.63, 3.8) is 0 Å². The number of carbonyl (C=O) groups is 1. The first-order chi connectivity index (χ1) is 16.8. The normalized spacial score (nSPS) is 13.8. The van der Waals surface area contributed by atoms with Crippen LogP contribution in [0.4, 0.5) is 28.8 Å². The lowest BCUT2D eigenvalue weighted by Gasteiger charge is -2.22. The third-order valence-electron chi connectivity index (χ3n) is 5.11. The van der Waals surface area contributed by atoms with Crippen LogP contribution in [0.2, 0.25) is 0 Å².